The summed E-state index contributed by atoms with van der Waals surface area (Å²) in [6, 6.07) is 20.7. The first-order valence-corrected chi connectivity index (χ1v) is 12.7. The standard InChI is InChI=1S/C29H30F3N3O3/c30-29(31,32)23-8-4-7-22(13-23)16-34-24-15-25(35(18-24)17-21-5-2-1-3-6-21)28(36)33-12-11-20-9-10-26-27(14-20)38-19-37-26/h1-10,13-14,24-25,34H,11-12,15-19H2,(H,33,36)/t24-,25+/m1/s1. The van der Waals surface area contributed by atoms with Crippen molar-refractivity contribution in [2.24, 2.45) is 0 Å². The highest BCUT2D eigenvalue weighted by atomic mass is 19.4. The van der Waals surface area contributed by atoms with E-state index >= 15 is 0 Å². The molecular formula is C29H30F3N3O3. The molecule has 9 heteroatoms. The Kier molecular flexibility index (Phi) is 7.85. The number of hydrogen-bond acceptors (Lipinski definition) is 5. The number of nitrogens with one attached hydrogen (secondary N) is 2. The molecule has 0 saturated carbocycles. The molecule has 6 nitrogen and oxygen atoms in total. The second-order valence-corrected chi connectivity index (χ2v) is 9.67. The molecule has 3 aromatic rings. The average Bonchev–Trinajstić information content (AvgIpc) is 3.54. The van der Waals surface area contributed by atoms with Crippen molar-refractivity contribution in [3.05, 3.63) is 95.1 Å². The lowest BCUT2D eigenvalue weighted by atomic mass is 10.1. The maximum atomic E-state index is 13.2. The van der Waals surface area contributed by atoms with E-state index in [1.54, 1.807) is 6.07 Å². The zero-order valence-electron chi connectivity index (χ0n) is 20.8. The first kappa shape index (κ1) is 26.1. The third kappa shape index (κ3) is 6.46. The zero-order valence-corrected chi connectivity index (χ0v) is 20.8. The molecule has 2 atom stereocenters. The minimum absolute atomic E-state index is 0.0298. The summed E-state index contributed by atoms with van der Waals surface area (Å²) in [7, 11) is 0. The fourth-order valence-corrected chi connectivity index (χ4v) is 4.98. The van der Waals surface area contributed by atoms with Crippen LogP contribution in [0.2, 0.25) is 0 Å². The summed E-state index contributed by atoms with van der Waals surface area (Å²) in [6.07, 6.45) is -3.15. The Labute approximate surface area is 219 Å². The number of rotatable bonds is 9. The number of nitrogens with zero attached hydrogens (tertiary/aromatic N) is 1. The van der Waals surface area contributed by atoms with Crippen molar-refractivity contribution in [1.29, 1.82) is 0 Å². The number of alkyl halides is 3. The van der Waals surface area contributed by atoms with Gasteiger partial charge in [-0.15, -0.1) is 0 Å². The number of benzene rings is 3. The Morgan fingerprint density at radius 1 is 0.921 bits per heavy atom. The molecule has 0 unspecified atom stereocenters. The summed E-state index contributed by atoms with van der Waals surface area (Å²) in [6.45, 7) is 2.23. The molecule has 200 valence electrons. The van der Waals surface area contributed by atoms with Crippen LogP contribution in [0.25, 0.3) is 0 Å². The van der Waals surface area contributed by atoms with Crippen LogP contribution in [0.3, 0.4) is 0 Å². The Balaban J connectivity index is 1.20. The van der Waals surface area contributed by atoms with Gasteiger partial charge in [-0.3, -0.25) is 9.69 Å². The Morgan fingerprint density at radius 3 is 2.53 bits per heavy atom. The lowest BCUT2D eigenvalue weighted by Crippen LogP contribution is -2.43. The average molecular weight is 526 g/mol. The minimum Gasteiger partial charge on any atom is -0.454 e. The summed E-state index contributed by atoms with van der Waals surface area (Å²) in [5.41, 5.74) is 2.05. The van der Waals surface area contributed by atoms with Crippen molar-refractivity contribution in [2.75, 3.05) is 19.9 Å². The highest BCUT2D eigenvalue weighted by Crippen LogP contribution is 2.32. The molecule has 2 aliphatic heterocycles. The zero-order chi connectivity index (χ0) is 26.5. The highest BCUT2D eigenvalue weighted by molar-refractivity contribution is 5.82. The smallest absolute Gasteiger partial charge is 0.416 e. The summed E-state index contributed by atoms with van der Waals surface area (Å²) >= 11 is 0. The van der Waals surface area contributed by atoms with Gasteiger partial charge in [0.05, 0.1) is 11.6 Å². The molecule has 0 spiro atoms. The number of halogens is 3. The molecule has 0 bridgehead atoms. The molecule has 0 radical (unpaired) electrons. The molecule has 2 heterocycles. The van der Waals surface area contributed by atoms with E-state index in [0.717, 1.165) is 22.9 Å². The van der Waals surface area contributed by atoms with Crippen molar-refractivity contribution in [3.8, 4) is 11.5 Å². The van der Waals surface area contributed by atoms with Gasteiger partial charge in [0.15, 0.2) is 11.5 Å². The fraction of sp³-hybridized carbons (Fsp3) is 0.345. The number of carbonyl (C=O) groups excluding carboxylic acids is 1. The van der Waals surface area contributed by atoms with E-state index in [2.05, 4.69) is 15.5 Å². The number of likely N-dealkylation sites (tertiary alicyclic amines) is 1. The number of amides is 1. The van der Waals surface area contributed by atoms with Gasteiger partial charge in [0.1, 0.15) is 0 Å². The van der Waals surface area contributed by atoms with E-state index < -0.39 is 11.7 Å². The molecule has 3 aromatic carbocycles. The van der Waals surface area contributed by atoms with Crippen LogP contribution >= 0.6 is 0 Å². The topological polar surface area (TPSA) is 62.8 Å². The second kappa shape index (κ2) is 11.4. The van der Waals surface area contributed by atoms with Crippen molar-refractivity contribution >= 4 is 5.91 Å². The van der Waals surface area contributed by atoms with E-state index in [0.29, 0.717) is 50.3 Å². The largest absolute Gasteiger partial charge is 0.454 e. The molecule has 0 aromatic heterocycles. The van der Waals surface area contributed by atoms with Crippen molar-refractivity contribution in [3.63, 3.8) is 0 Å². The Bertz CT molecular complexity index is 1250. The van der Waals surface area contributed by atoms with Crippen LogP contribution < -0.4 is 20.1 Å². The Hall–Kier alpha value is -3.56. The molecule has 2 aliphatic rings. The maximum Gasteiger partial charge on any atom is 0.416 e. The molecule has 1 amide bonds. The van der Waals surface area contributed by atoms with Crippen LogP contribution in [0.1, 0.15) is 28.7 Å². The molecule has 2 N–H and O–H groups in total. The normalized spacial score (nSPS) is 19.0. The number of hydrogen-bond donors (Lipinski definition) is 2. The third-order valence-corrected chi connectivity index (χ3v) is 6.93. The van der Waals surface area contributed by atoms with E-state index in [1.807, 2.05) is 48.5 Å². The molecular weight excluding hydrogens is 495 g/mol. The number of ether oxygens (including phenoxy) is 2. The van der Waals surface area contributed by atoms with Gasteiger partial charge in [-0.25, -0.2) is 0 Å². The van der Waals surface area contributed by atoms with Gasteiger partial charge < -0.3 is 20.1 Å². The van der Waals surface area contributed by atoms with Crippen LogP contribution in [-0.2, 0) is 30.5 Å². The van der Waals surface area contributed by atoms with Gasteiger partial charge in [0, 0.05) is 32.2 Å². The lowest BCUT2D eigenvalue weighted by molar-refractivity contribution is -0.137. The minimum atomic E-state index is -4.38. The molecule has 0 aliphatic carbocycles. The molecule has 38 heavy (non-hydrogen) atoms. The van der Waals surface area contributed by atoms with Gasteiger partial charge in [0.25, 0.3) is 0 Å². The SMILES string of the molecule is O=C(NCCc1ccc2c(c1)OCO2)[C@@H]1C[C@@H](NCc2cccc(C(F)(F)F)c2)CN1Cc1ccccc1. The predicted molar refractivity (Wildman–Crippen MR) is 137 cm³/mol. The fourth-order valence-electron chi connectivity index (χ4n) is 4.98. The van der Waals surface area contributed by atoms with Crippen LogP contribution in [0.4, 0.5) is 13.2 Å². The first-order chi connectivity index (χ1) is 18.3. The van der Waals surface area contributed by atoms with Gasteiger partial charge in [-0.2, -0.15) is 13.2 Å². The van der Waals surface area contributed by atoms with Crippen molar-refractivity contribution < 1.29 is 27.4 Å². The summed E-state index contributed by atoms with van der Waals surface area (Å²) in [4.78, 5) is 15.4. The highest BCUT2D eigenvalue weighted by Gasteiger charge is 2.36. The monoisotopic (exact) mass is 525 g/mol. The van der Waals surface area contributed by atoms with Crippen molar-refractivity contribution in [1.82, 2.24) is 15.5 Å². The quantitative estimate of drug-likeness (QED) is 0.430. The maximum absolute atomic E-state index is 13.2. The summed E-state index contributed by atoms with van der Waals surface area (Å²) in [5, 5.41) is 6.44. The van der Waals surface area contributed by atoms with Crippen LogP contribution in [0.15, 0.2) is 72.8 Å². The van der Waals surface area contributed by atoms with Crippen molar-refractivity contribution in [2.45, 2.75) is 44.2 Å². The van der Waals surface area contributed by atoms with E-state index in [1.165, 1.54) is 12.1 Å². The van der Waals surface area contributed by atoms with E-state index in [4.69, 9.17) is 9.47 Å². The van der Waals surface area contributed by atoms with Crippen LogP contribution in [0, 0.1) is 0 Å². The third-order valence-electron chi connectivity index (χ3n) is 6.93. The van der Waals surface area contributed by atoms with E-state index in [-0.39, 0.29) is 24.8 Å². The Morgan fingerprint density at radius 2 is 1.71 bits per heavy atom. The second-order valence-electron chi connectivity index (χ2n) is 9.67. The first-order valence-electron chi connectivity index (χ1n) is 12.7. The van der Waals surface area contributed by atoms with Crippen LogP contribution in [0.5, 0.6) is 11.5 Å². The summed E-state index contributed by atoms with van der Waals surface area (Å²) < 4.78 is 50.1. The van der Waals surface area contributed by atoms with Gasteiger partial charge in [-0.1, -0.05) is 54.6 Å². The molecule has 5 rings (SSSR count). The van der Waals surface area contributed by atoms with Crippen LogP contribution in [-0.4, -0.2) is 42.8 Å². The van der Waals surface area contributed by atoms with E-state index in [9.17, 15) is 18.0 Å². The lowest BCUT2D eigenvalue weighted by Gasteiger charge is -2.23. The van der Waals surface area contributed by atoms with Gasteiger partial charge in [0.2, 0.25) is 12.7 Å². The molecule has 1 fully saturated rings. The van der Waals surface area contributed by atoms with Gasteiger partial charge >= 0.3 is 6.18 Å². The number of carbonyl (C=O) groups is 1. The number of fused-ring (bicyclic) bond motifs is 1. The predicted octanol–water partition coefficient (Wildman–Crippen LogP) is 4.53. The van der Waals surface area contributed by atoms with Gasteiger partial charge in [-0.05, 0) is 47.7 Å². The molecule has 1 saturated heterocycles. The summed E-state index contributed by atoms with van der Waals surface area (Å²) in [5.74, 6) is 1.39.